The van der Waals surface area contributed by atoms with Gasteiger partial charge in [0.05, 0.1) is 19.9 Å². The van der Waals surface area contributed by atoms with Gasteiger partial charge in [0, 0.05) is 30.4 Å². The third kappa shape index (κ3) is 4.28. The first-order chi connectivity index (χ1) is 12.7. The Labute approximate surface area is 155 Å². The molecule has 0 aliphatic carbocycles. The first-order valence-electron chi connectivity index (χ1n) is 7.81. The number of hydrogen-bond donors (Lipinski definition) is 2. The Kier molecular flexibility index (Phi) is 5.65. The van der Waals surface area contributed by atoms with Gasteiger partial charge in [0.15, 0.2) is 5.13 Å². The van der Waals surface area contributed by atoms with Gasteiger partial charge in [-0.2, -0.15) is 0 Å². The number of anilines is 2. The van der Waals surface area contributed by atoms with E-state index in [-0.39, 0.29) is 5.91 Å². The molecule has 2 aromatic heterocycles. The molecule has 134 valence electrons. The molecule has 1 aromatic carbocycles. The molecule has 0 unspecified atom stereocenters. The minimum Gasteiger partial charge on any atom is -0.497 e. The van der Waals surface area contributed by atoms with Gasteiger partial charge in [-0.15, -0.1) is 11.3 Å². The van der Waals surface area contributed by atoms with Gasteiger partial charge in [-0.05, 0) is 23.8 Å². The number of thiazole rings is 1. The summed E-state index contributed by atoms with van der Waals surface area (Å²) >= 11 is 1.34. The zero-order chi connectivity index (χ0) is 18.4. The zero-order valence-electron chi connectivity index (χ0n) is 14.4. The molecular formula is C18H18N4O3S. The summed E-state index contributed by atoms with van der Waals surface area (Å²) in [6, 6.07) is 9.16. The lowest BCUT2D eigenvalue weighted by Gasteiger charge is -2.10. The molecule has 3 rings (SSSR count). The quantitative estimate of drug-likeness (QED) is 0.664. The molecule has 0 spiro atoms. The fraction of sp³-hybridized carbons (Fsp3) is 0.167. The average Bonchev–Trinajstić information content (AvgIpc) is 3.16. The molecule has 26 heavy (non-hydrogen) atoms. The van der Waals surface area contributed by atoms with E-state index in [1.165, 1.54) is 11.3 Å². The van der Waals surface area contributed by atoms with E-state index < -0.39 is 0 Å². The van der Waals surface area contributed by atoms with Gasteiger partial charge in [-0.3, -0.25) is 9.78 Å². The van der Waals surface area contributed by atoms with Crippen molar-refractivity contribution in [1.82, 2.24) is 15.3 Å². The first-order valence-corrected chi connectivity index (χ1v) is 8.69. The summed E-state index contributed by atoms with van der Waals surface area (Å²) in [5, 5.41) is 8.29. The van der Waals surface area contributed by atoms with Crippen molar-refractivity contribution in [3.63, 3.8) is 0 Å². The molecule has 0 atom stereocenters. The Morgan fingerprint density at radius 2 is 2.12 bits per heavy atom. The molecule has 2 heterocycles. The summed E-state index contributed by atoms with van der Waals surface area (Å²) in [5.74, 6) is 1.09. The van der Waals surface area contributed by atoms with E-state index in [0.717, 1.165) is 11.3 Å². The van der Waals surface area contributed by atoms with Crippen LogP contribution in [-0.2, 0) is 6.54 Å². The van der Waals surface area contributed by atoms with Crippen LogP contribution in [0.3, 0.4) is 0 Å². The van der Waals surface area contributed by atoms with Crippen molar-refractivity contribution in [3.8, 4) is 11.5 Å². The Morgan fingerprint density at radius 1 is 1.23 bits per heavy atom. The summed E-state index contributed by atoms with van der Waals surface area (Å²) in [5.41, 5.74) is 2.02. The van der Waals surface area contributed by atoms with Gasteiger partial charge in [0.2, 0.25) is 0 Å². The van der Waals surface area contributed by atoms with Gasteiger partial charge in [-0.1, -0.05) is 6.07 Å². The van der Waals surface area contributed by atoms with E-state index in [4.69, 9.17) is 9.47 Å². The lowest BCUT2D eigenvalue weighted by atomic mass is 10.2. The Bertz CT molecular complexity index is 883. The number of rotatable bonds is 7. The molecule has 3 aromatic rings. The van der Waals surface area contributed by atoms with E-state index in [9.17, 15) is 4.79 Å². The van der Waals surface area contributed by atoms with Crippen molar-refractivity contribution in [2.75, 3.05) is 19.5 Å². The SMILES string of the molecule is COc1ccc(Nc2nc(C(=O)NCc3cccnc3)cs2)c(OC)c1. The van der Waals surface area contributed by atoms with E-state index in [2.05, 4.69) is 20.6 Å². The number of methoxy groups -OCH3 is 2. The number of ether oxygens (including phenoxy) is 2. The molecule has 0 aliphatic heterocycles. The maximum atomic E-state index is 12.2. The van der Waals surface area contributed by atoms with Gasteiger partial charge >= 0.3 is 0 Å². The number of amides is 1. The number of nitrogens with zero attached hydrogens (tertiary/aromatic N) is 2. The average molecular weight is 370 g/mol. The van der Waals surface area contributed by atoms with Crippen molar-refractivity contribution in [2.24, 2.45) is 0 Å². The molecule has 0 aliphatic rings. The number of hydrogen-bond acceptors (Lipinski definition) is 7. The highest BCUT2D eigenvalue weighted by Gasteiger charge is 2.12. The Hall–Kier alpha value is -3.13. The molecule has 0 fully saturated rings. The van der Waals surface area contributed by atoms with Crippen LogP contribution in [0.1, 0.15) is 16.1 Å². The van der Waals surface area contributed by atoms with Crippen LogP contribution in [0.5, 0.6) is 11.5 Å². The summed E-state index contributed by atoms with van der Waals surface area (Å²) in [6.07, 6.45) is 3.40. The molecular weight excluding hydrogens is 352 g/mol. The smallest absolute Gasteiger partial charge is 0.271 e. The third-order valence-corrected chi connectivity index (χ3v) is 4.32. The number of benzene rings is 1. The number of pyridine rings is 1. The molecule has 7 nitrogen and oxygen atoms in total. The third-order valence-electron chi connectivity index (χ3n) is 3.56. The number of carbonyl (C=O) groups is 1. The van der Waals surface area contributed by atoms with Crippen molar-refractivity contribution in [1.29, 1.82) is 0 Å². The number of aromatic nitrogens is 2. The van der Waals surface area contributed by atoms with Gasteiger partial charge in [-0.25, -0.2) is 4.98 Å². The minimum atomic E-state index is -0.236. The zero-order valence-corrected chi connectivity index (χ0v) is 15.2. The van der Waals surface area contributed by atoms with Crippen LogP contribution < -0.4 is 20.1 Å². The van der Waals surface area contributed by atoms with Crippen molar-refractivity contribution >= 4 is 28.1 Å². The number of carbonyl (C=O) groups excluding carboxylic acids is 1. The summed E-state index contributed by atoms with van der Waals surface area (Å²) in [6.45, 7) is 0.402. The first kappa shape index (κ1) is 17.7. The van der Waals surface area contributed by atoms with E-state index >= 15 is 0 Å². The molecule has 0 saturated carbocycles. The van der Waals surface area contributed by atoms with Crippen LogP contribution in [0.2, 0.25) is 0 Å². The van der Waals surface area contributed by atoms with E-state index in [1.807, 2.05) is 24.3 Å². The number of nitrogens with one attached hydrogen (secondary N) is 2. The highest BCUT2D eigenvalue weighted by molar-refractivity contribution is 7.14. The van der Waals surface area contributed by atoms with E-state index in [1.54, 1.807) is 38.1 Å². The second-order valence-electron chi connectivity index (χ2n) is 5.27. The fourth-order valence-corrected chi connectivity index (χ4v) is 2.93. The van der Waals surface area contributed by atoms with Crippen LogP contribution in [0.4, 0.5) is 10.8 Å². The highest BCUT2D eigenvalue weighted by Crippen LogP contribution is 2.32. The van der Waals surface area contributed by atoms with Crippen LogP contribution in [-0.4, -0.2) is 30.1 Å². The van der Waals surface area contributed by atoms with Crippen molar-refractivity contribution in [3.05, 3.63) is 59.4 Å². The molecule has 8 heteroatoms. The van der Waals surface area contributed by atoms with E-state index in [0.29, 0.717) is 28.9 Å². The molecule has 1 amide bonds. The predicted octanol–water partition coefficient (Wildman–Crippen LogP) is 3.23. The predicted molar refractivity (Wildman–Crippen MR) is 100 cm³/mol. The maximum Gasteiger partial charge on any atom is 0.271 e. The standard InChI is InChI=1S/C18H18N4O3S/c1-24-13-5-6-14(16(8-13)25-2)21-18-22-15(11-26-18)17(23)20-10-12-4-3-7-19-9-12/h3-9,11H,10H2,1-2H3,(H,20,23)(H,21,22). The lowest BCUT2D eigenvalue weighted by molar-refractivity contribution is 0.0946. The Balaban J connectivity index is 1.65. The van der Waals surface area contributed by atoms with Crippen molar-refractivity contribution < 1.29 is 14.3 Å². The molecule has 0 radical (unpaired) electrons. The molecule has 0 saturated heterocycles. The van der Waals surface area contributed by atoms with Crippen LogP contribution >= 0.6 is 11.3 Å². The Morgan fingerprint density at radius 3 is 2.85 bits per heavy atom. The summed E-state index contributed by atoms with van der Waals surface area (Å²) in [7, 11) is 3.18. The lowest BCUT2D eigenvalue weighted by Crippen LogP contribution is -2.23. The summed E-state index contributed by atoms with van der Waals surface area (Å²) in [4.78, 5) is 20.6. The second-order valence-corrected chi connectivity index (χ2v) is 6.13. The van der Waals surface area contributed by atoms with Crippen LogP contribution in [0.25, 0.3) is 0 Å². The largest absolute Gasteiger partial charge is 0.497 e. The van der Waals surface area contributed by atoms with Crippen molar-refractivity contribution in [2.45, 2.75) is 6.54 Å². The summed E-state index contributed by atoms with van der Waals surface area (Å²) < 4.78 is 10.5. The van der Waals surface area contributed by atoms with Gasteiger partial charge < -0.3 is 20.1 Å². The van der Waals surface area contributed by atoms with Crippen LogP contribution in [0, 0.1) is 0 Å². The fourth-order valence-electron chi connectivity index (χ4n) is 2.23. The molecule has 2 N–H and O–H groups in total. The monoisotopic (exact) mass is 370 g/mol. The van der Waals surface area contributed by atoms with Gasteiger partial charge in [0.1, 0.15) is 17.2 Å². The topological polar surface area (TPSA) is 85.4 Å². The molecule has 0 bridgehead atoms. The maximum absolute atomic E-state index is 12.2. The highest BCUT2D eigenvalue weighted by atomic mass is 32.1. The normalized spacial score (nSPS) is 10.2. The second kappa shape index (κ2) is 8.30. The van der Waals surface area contributed by atoms with Crippen LogP contribution in [0.15, 0.2) is 48.1 Å². The minimum absolute atomic E-state index is 0.236. The van der Waals surface area contributed by atoms with Gasteiger partial charge in [0.25, 0.3) is 5.91 Å².